The van der Waals surface area contributed by atoms with Crippen molar-refractivity contribution in [2.75, 3.05) is 6.54 Å². The Kier molecular flexibility index (Phi) is 3.90. The van der Waals surface area contributed by atoms with E-state index in [0.717, 1.165) is 27.7 Å². The maximum Gasteiger partial charge on any atom is 0.252 e. The van der Waals surface area contributed by atoms with Gasteiger partial charge in [-0.1, -0.05) is 0 Å². The smallest absolute Gasteiger partial charge is 0.252 e. The first-order valence-electron chi connectivity index (χ1n) is 6.92. The summed E-state index contributed by atoms with van der Waals surface area (Å²) in [5.74, 6) is 2.45. The van der Waals surface area contributed by atoms with Gasteiger partial charge < -0.3 is 5.32 Å². The van der Waals surface area contributed by atoms with Crippen molar-refractivity contribution in [3.8, 4) is 0 Å². The predicted molar refractivity (Wildman–Crippen MR) is 82.7 cm³/mol. The van der Waals surface area contributed by atoms with Crippen LogP contribution in [0.4, 0.5) is 0 Å². The Bertz CT molecular complexity index is 485. The monoisotopic (exact) mass is 339 g/mol. The van der Waals surface area contributed by atoms with Gasteiger partial charge in [0, 0.05) is 15.9 Å². The molecule has 0 heterocycles. The van der Waals surface area contributed by atoms with Gasteiger partial charge in [-0.2, -0.15) is 0 Å². The van der Waals surface area contributed by atoms with Crippen LogP contribution in [0.25, 0.3) is 0 Å². The average molecular weight is 340 g/mol. The van der Waals surface area contributed by atoms with Crippen LogP contribution < -0.4 is 5.32 Å². The van der Waals surface area contributed by atoms with Crippen LogP contribution in [0.3, 0.4) is 0 Å². The molecule has 0 aliphatic heterocycles. The second-order valence-corrected chi connectivity index (χ2v) is 7.08. The quantitative estimate of drug-likeness (QED) is 0.782. The summed E-state index contributed by atoms with van der Waals surface area (Å²) in [4.78, 5) is 13.0. The molecule has 1 aromatic rings. The maximum absolute atomic E-state index is 12.2. The molecule has 2 nitrogen and oxygen atoms in total. The average Bonchev–Trinajstić information content (AvgIpc) is 3.25. The normalized spacial score (nSPS) is 18.7. The third kappa shape index (κ3) is 3.34. The molecule has 102 valence electrons. The van der Waals surface area contributed by atoms with E-state index in [4.69, 9.17) is 0 Å². The second-order valence-electron chi connectivity index (χ2n) is 5.71. The zero-order valence-electron chi connectivity index (χ0n) is 10.7. The Morgan fingerprint density at radius 2 is 1.95 bits per heavy atom. The van der Waals surface area contributed by atoms with Crippen molar-refractivity contribution >= 4 is 34.5 Å². The summed E-state index contributed by atoms with van der Waals surface area (Å²) >= 11 is 7.72. The summed E-state index contributed by atoms with van der Waals surface area (Å²) in [7, 11) is 0. The minimum Gasteiger partial charge on any atom is -0.352 e. The lowest BCUT2D eigenvalue weighted by Gasteiger charge is -2.16. The first-order chi connectivity index (χ1) is 9.15. The minimum atomic E-state index is 0.00840. The van der Waals surface area contributed by atoms with E-state index in [0.29, 0.717) is 11.5 Å². The Balaban J connectivity index is 1.62. The van der Waals surface area contributed by atoms with Crippen LogP contribution in [0, 0.1) is 17.8 Å². The first kappa shape index (κ1) is 13.5. The lowest BCUT2D eigenvalue weighted by Crippen LogP contribution is -2.31. The van der Waals surface area contributed by atoms with Crippen LogP contribution >= 0.6 is 28.6 Å². The molecule has 2 fully saturated rings. The number of hydrogen-bond acceptors (Lipinski definition) is 2. The molecule has 2 aliphatic carbocycles. The SMILES string of the molecule is O=C(NCC(C1CC1)C1CC1)c1cc(S)ccc1Br. The van der Waals surface area contributed by atoms with Crippen molar-refractivity contribution in [3.05, 3.63) is 28.2 Å². The second kappa shape index (κ2) is 5.49. The zero-order chi connectivity index (χ0) is 13.4. The molecule has 0 saturated heterocycles. The van der Waals surface area contributed by atoms with Gasteiger partial charge in [-0.05, 0) is 77.6 Å². The third-order valence-electron chi connectivity index (χ3n) is 4.15. The van der Waals surface area contributed by atoms with Gasteiger partial charge in [0.15, 0.2) is 0 Å². The third-order valence-corrected chi connectivity index (χ3v) is 5.12. The molecule has 0 radical (unpaired) electrons. The highest BCUT2D eigenvalue weighted by Gasteiger charge is 2.41. The summed E-state index contributed by atoms with van der Waals surface area (Å²) < 4.78 is 0.831. The summed E-state index contributed by atoms with van der Waals surface area (Å²) in [6, 6.07) is 5.56. The molecule has 3 rings (SSSR count). The van der Waals surface area contributed by atoms with Crippen molar-refractivity contribution in [3.63, 3.8) is 0 Å². The molecule has 4 heteroatoms. The Labute approximate surface area is 127 Å². The Morgan fingerprint density at radius 3 is 2.53 bits per heavy atom. The van der Waals surface area contributed by atoms with Crippen molar-refractivity contribution in [2.24, 2.45) is 17.8 Å². The molecule has 0 bridgehead atoms. The van der Waals surface area contributed by atoms with Gasteiger partial charge in [0.05, 0.1) is 5.56 Å². The van der Waals surface area contributed by atoms with Crippen LogP contribution in [0.5, 0.6) is 0 Å². The van der Waals surface area contributed by atoms with Gasteiger partial charge in [0.25, 0.3) is 5.91 Å². The van der Waals surface area contributed by atoms with E-state index < -0.39 is 0 Å². The van der Waals surface area contributed by atoms with Gasteiger partial charge in [-0.3, -0.25) is 4.79 Å². The van der Waals surface area contributed by atoms with Crippen LogP contribution in [-0.4, -0.2) is 12.5 Å². The fourth-order valence-electron chi connectivity index (χ4n) is 2.76. The van der Waals surface area contributed by atoms with Gasteiger partial charge in [0.1, 0.15) is 0 Å². The van der Waals surface area contributed by atoms with Gasteiger partial charge in [-0.15, -0.1) is 12.6 Å². The molecule has 2 saturated carbocycles. The van der Waals surface area contributed by atoms with E-state index in [-0.39, 0.29) is 5.91 Å². The molecule has 0 atom stereocenters. The fraction of sp³-hybridized carbons (Fsp3) is 0.533. The van der Waals surface area contributed by atoms with Crippen molar-refractivity contribution < 1.29 is 4.79 Å². The van der Waals surface area contributed by atoms with Crippen molar-refractivity contribution in [2.45, 2.75) is 30.6 Å². The number of amides is 1. The number of carbonyl (C=O) groups is 1. The number of benzene rings is 1. The van der Waals surface area contributed by atoms with E-state index in [1.807, 2.05) is 18.2 Å². The first-order valence-corrected chi connectivity index (χ1v) is 8.16. The van der Waals surface area contributed by atoms with Crippen LogP contribution in [0.15, 0.2) is 27.6 Å². The highest BCUT2D eigenvalue weighted by Crippen LogP contribution is 2.48. The molecular formula is C15H18BrNOS. The number of halogens is 1. The molecule has 1 N–H and O–H groups in total. The molecule has 0 aromatic heterocycles. The van der Waals surface area contributed by atoms with Crippen molar-refractivity contribution in [1.29, 1.82) is 0 Å². The molecule has 2 aliphatic rings. The predicted octanol–water partition coefficient (Wildman–Crippen LogP) is 3.90. The van der Waals surface area contributed by atoms with Gasteiger partial charge in [-0.25, -0.2) is 0 Å². The number of hydrogen-bond donors (Lipinski definition) is 2. The van der Waals surface area contributed by atoms with Gasteiger partial charge >= 0.3 is 0 Å². The summed E-state index contributed by atoms with van der Waals surface area (Å²) in [5.41, 5.74) is 0.679. The van der Waals surface area contributed by atoms with E-state index in [9.17, 15) is 4.79 Å². The molecule has 0 unspecified atom stereocenters. The molecular weight excluding hydrogens is 322 g/mol. The zero-order valence-corrected chi connectivity index (χ0v) is 13.2. The maximum atomic E-state index is 12.2. The van der Waals surface area contributed by atoms with Crippen LogP contribution in [0.1, 0.15) is 36.0 Å². The van der Waals surface area contributed by atoms with Crippen molar-refractivity contribution in [1.82, 2.24) is 5.32 Å². The molecule has 19 heavy (non-hydrogen) atoms. The van der Waals surface area contributed by atoms with Crippen LogP contribution in [0.2, 0.25) is 0 Å². The topological polar surface area (TPSA) is 29.1 Å². The minimum absolute atomic E-state index is 0.00840. The highest BCUT2D eigenvalue weighted by molar-refractivity contribution is 9.10. The van der Waals surface area contributed by atoms with Crippen LogP contribution in [-0.2, 0) is 0 Å². The van der Waals surface area contributed by atoms with Gasteiger partial charge in [0.2, 0.25) is 0 Å². The molecule has 1 amide bonds. The van der Waals surface area contributed by atoms with E-state index in [2.05, 4.69) is 33.9 Å². The molecule has 1 aromatic carbocycles. The Morgan fingerprint density at radius 1 is 1.32 bits per heavy atom. The fourth-order valence-corrected chi connectivity index (χ4v) is 3.39. The summed E-state index contributed by atoms with van der Waals surface area (Å²) in [6.07, 6.45) is 5.42. The largest absolute Gasteiger partial charge is 0.352 e. The number of rotatable bonds is 5. The Hall–Kier alpha value is -0.480. The summed E-state index contributed by atoms with van der Waals surface area (Å²) in [5, 5.41) is 3.11. The number of nitrogens with one attached hydrogen (secondary N) is 1. The number of carbonyl (C=O) groups excluding carboxylic acids is 1. The van der Waals surface area contributed by atoms with E-state index in [1.165, 1.54) is 25.7 Å². The standard InChI is InChI=1S/C15H18BrNOS/c16-14-6-5-11(19)7-12(14)15(18)17-8-13(9-1-2-9)10-3-4-10/h5-7,9-10,13,19H,1-4,8H2,(H,17,18). The highest BCUT2D eigenvalue weighted by atomic mass is 79.9. The number of thiol groups is 1. The summed E-state index contributed by atoms with van der Waals surface area (Å²) in [6.45, 7) is 0.831. The molecule has 0 spiro atoms. The van der Waals surface area contributed by atoms with E-state index in [1.54, 1.807) is 0 Å². The lowest BCUT2D eigenvalue weighted by atomic mass is 9.98. The van der Waals surface area contributed by atoms with E-state index >= 15 is 0 Å². The lowest BCUT2D eigenvalue weighted by molar-refractivity contribution is 0.0942.